The fourth-order valence-electron chi connectivity index (χ4n) is 2.09. The molecular weight excluding hydrogens is 258 g/mol. The van der Waals surface area contributed by atoms with Gasteiger partial charge in [-0.05, 0) is 30.6 Å². The van der Waals surface area contributed by atoms with Gasteiger partial charge in [-0.25, -0.2) is 0 Å². The van der Waals surface area contributed by atoms with Crippen LogP contribution in [0.3, 0.4) is 0 Å². The van der Waals surface area contributed by atoms with Gasteiger partial charge in [0.1, 0.15) is 8.24 Å². The molecule has 0 aromatic carbocycles. The van der Waals surface area contributed by atoms with E-state index >= 15 is 0 Å². The summed E-state index contributed by atoms with van der Waals surface area (Å²) in [4.78, 5) is 0. The lowest BCUT2D eigenvalue weighted by Crippen LogP contribution is -2.55. The van der Waals surface area contributed by atoms with Crippen LogP contribution < -0.4 is 0 Å². The van der Waals surface area contributed by atoms with Crippen LogP contribution in [0.5, 0.6) is 0 Å². The Balaban J connectivity index is 4.36. The summed E-state index contributed by atoms with van der Waals surface area (Å²) in [6, 6.07) is 1.11. The van der Waals surface area contributed by atoms with E-state index in [1.165, 1.54) is 13.0 Å². The van der Waals surface area contributed by atoms with E-state index in [9.17, 15) is 0 Å². The quantitative estimate of drug-likeness (QED) is 0.641. The molecule has 0 saturated carbocycles. The van der Waals surface area contributed by atoms with Crippen molar-refractivity contribution in [1.82, 2.24) is 4.57 Å². The van der Waals surface area contributed by atoms with Crippen LogP contribution in [-0.2, 0) is 8.85 Å². The first-order chi connectivity index (χ1) is 8.20. The molecule has 5 heteroatoms. The van der Waals surface area contributed by atoms with Crippen molar-refractivity contribution in [2.24, 2.45) is 0 Å². The van der Waals surface area contributed by atoms with Gasteiger partial charge in [-0.1, -0.05) is 40.8 Å². The maximum Gasteiger partial charge on any atom is 0.320 e. The van der Waals surface area contributed by atoms with Gasteiger partial charge in [0, 0.05) is 14.2 Å². The highest BCUT2D eigenvalue weighted by Crippen LogP contribution is 2.38. The SMILES string of the molecule is CCN(CCC[SiH](OC)OC)[Si](C)(C)C(C)(C)C. The monoisotopic (exact) mass is 291 g/mol. The Bertz CT molecular complexity index is 226. The number of rotatable bonds is 8. The van der Waals surface area contributed by atoms with Gasteiger partial charge in [0.2, 0.25) is 0 Å². The van der Waals surface area contributed by atoms with E-state index in [-0.39, 0.29) is 0 Å². The minimum Gasteiger partial charge on any atom is -0.400 e. The molecule has 0 rings (SSSR count). The van der Waals surface area contributed by atoms with Crippen molar-refractivity contribution in [3.05, 3.63) is 0 Å². The molecule has 110 valence electrons. The van der Waals surface area contributed by atoms with E-state index in [4.69, 9.17) is 8.85 Å². The van der Waals surface area contributed by atoms with Crippen LogP contribution in [-0.4, -0.2) is 49.4 Å². The average molecular weight is 292 g/mol. The molecule has 0 saturated heterocycles. The van der Waals surface area contributed by atoms with Crippen molar-refractivity contribution in [2.45, 2.75) is 58.3 Å². The van der Waals surface area contributed by atoms with Gasteiger partial charge in [-0.2, -0.15) is 0 Å². The maximum atomic E-state index is 5.38. The van der Waals surface area contributed by atoms with Gasteiger partial charge in [0.25, 0.3) is 0 Å². The highest BCUT2D eigenvalue weighted by Gasteiger charge is 2.39. The Morgan fingerprint density at radius 3 is 1.94 bits per heavy atom. The van der Waals surface area contributed by atoms with E-state index in [1.54, 1.807) is 14.2 Å². The van der Waals surface area contributed by atoms with E-state index in [1.807, 2.05) is 0 Å². The summed E-state index contributed by atoms with van der Waals surface area (Å²) in [6.45, 7) is 16.7. The van der Waals surface area contributed by atoms with Crippen LogP contribution in [0.4, 0.5) is 0 Å². The molecule has 0 aliphatic rings. The van der Waals surface area contributed by atoms with Gasteiger partial charge in [0.15, 0.2) is 0 Å². The van der Waals surface area contributed by atoms with Gasteiger partial charge in [-0.3, -0.25) is 0 Å². The standard InChI is InChI=1S/C13H33NO2Si2/c1-9-14(18(7,8)13(2,3)4)11-10-12-17(15-5)16-6/h17H,9-12H2,1-8H3. The van der Waals surface area contributed by atoms with Crippen LogP contribution in [0.2, 0.25) is 24.2 Å². The van der Waals surface area contributed by atoms with Crippen molar-refractivity contribution in [1.29, 1.82) is 0 Å². The van der Waals surface area contributed by atoms with Gasteiger partial charge in [-0.15, -0.1) is 0 Å². The molecule has 0 amide bonds. The molecule has 0 aromatic heterocycles. The van der Waals surface area contributed by atoms with Crippen molar-refractivity contribution in [3.63, 3.8) is 0 Å². The van der Waals surface area contributed by atoms with Gasteiger partial charge >= 0.3 is 9.28 Å². The topological polar surface area (TPSA) is 21.7 Å². The summed E-state index contributed by atoms with van der Waals surface area (Å²) in [5.74, 6) is 0. The molecule has 3 nitrogen and oxygen atoms in total. The summed E-state index contributed by atoms with van der Waals surface area (Å²) in [5, 5.41) is 0.419. The molecule has 0 radical (unpaired) electrons. The van der Waals surface area contributed by atoms with Crippen LogP contribution in [0.25, 0.3) is 0 Å². The predicted octanol–water partition coefficient (Wildman–Crippen LogP) is 3.22. The van der Waals surface area contributed by atoms with Crippen LogP contribution in [0.15, 0.2) is 0 Å². The normalized spacial score (nSPS) is 13.7. The third-order valence-corrected chi connectivity index (χ3v) is 12.1. The van der Waals surface area contributed by atoms with E-state index in [0.717, 1.165) is 12.6 Å². The third kappa shape index (κ3) is 5.13. The lowest BCUT2D eigenvalue weighted by atomic mass is 10.2. The first kappa shape index (κ1) is 18.3. The van der Waals surface area contributed by atoms with Crippen molar-refractivity contribution < 1.29 is 8.85 Å². The molecule has 0 bridgehead atoms. The fraction of sp³-hybridized carbons (Fsp3) is 1.00. The van der Waals surface area contributed by atoms with Crippen LogP contribution in [0, 0.1) is 0 Å². The van der Waals surface area contributed by atoms with E-state index in [2.05, 4.69) is 45.4 Å². The molecule has 0 atom stereocenters. The minimum atomic E-state index is -1.37. The summed E-state index contributed by atoms with van der Waals surface area (Å²) in [7, 11) is 0.810. The number of hydrogen-bond donors (Lipinski definition) is 0. The lowest BCUT2D eigenvalue weighted by Gasteiger charge is -2.45. The molecule has 0 unspecified atom stereocenters. The highest BCUT2D eigenvalue weighted by molar-refractivity contribution is 6.77. The smallest absolute Gasteiger partial charge is 0.320 e. The largest absolute Gasteiger partial charge is 0.400 e. The van der Waals surface area contributed by atoms with Crippen molar-refractivity contribution in [3.8, 4) is 0 Å². The average Bonchev–Trinajstić information content (AvgIpc) is 2.27. The second kappa shape index (κ2) is 7.79. The predicted molar refractivity (Wildman–Crippen MR) is 85.0 cm³/mol. The van der Waals surface area contributed by atoms with Crippen LogP contribution in [0.1, 0.15) is 34.1 Å². The zero-order valence-electron chi connectivity index (χ0n) is 13.7. The zero-order chi connectivity index (χ0) is 14.4. The summed E-state index contributed by atoms with van der Waals surface area (Å²) < 4.78 is 13.5. The third-order valence-electron chi connectivity index (χ3n) is 4.40. The Hall–Kier alpha value is 0.314. The van der Waals surface area contributed by atoms with E-state index < -0.39 is 17.5 Å². The van der Waals surface area contributed by atoms with Gasteiger partial charge in [0.05, 0.1) is 0 Å². The fourth-order valence-corrected chi connectivity index (χ4v) is 5.72. The summed E-state index contributed by atoms with van der Waals surface area (Å²) >= 11 is 0. The Kier molecular flexibility index (Phi) is 7.93. The molecule has 0 N–H and O–H groups in total. The number of nitrogens with zero attached hydrogens (tertiary/aromatic N) is 1. The first-order valence-corrected chi connectivity index (χ1v) is 11.7. The highest BCUT2D eigenvalue weighted by atomic mass is 28.3. The summed E-state index contributed by atoms with van der Waals surface area (Å²) in [6.07, 6.45) is 1.19. The molecule has 0 aromatic rings. The molecule has 18 heavy (non-hydrogen) atoms. The second-order valence-electron chi connectivity index (χ2n) is 6.43. The zero-order valence-corrected chi connectivity index (χ0v) is 15.8. The van der Waals surface area contributed by atoms with Crippen molar-refractivity contribution in [2.75, 3.05) is 27.3 Å². The maximum absolute atomic E-state index is 5.38. The minimum absolute atomic E-state index is 0.419. The van der Waals surface area contributed by atoms with Crippen LogP contribution >= 0.6 is 0 Å². The molecule has 0 fully saturated rings. The molecule has 0 aliphatic carbocycles. The van der Waals surface area contributed by atoms with Crippen molar-refractivity contribution >= 4 is 17.5 Å². The Labute approximate surface area is 117 Å². The lowest BCUT2D eigenvalue weighted by molar-refractivity contribution is 0.274. The molecule has 0 spiro atoms. The summed E-state index contributed by atoms with van der Waals surface area (Å²) in [5.41, 5.74) is 0. The molecule has 0 heterocycles. The molecular formula is C13H33NO2Si2. The molecule has 0 aliphatic heterocycles. The van der Waals surface area contributed by atoms with Gasteiger partial charge < -0.3 is 13.4 Å². The first-order valence-electron chi connectivity index (χ1n) is 7.01. The second-order valence-corrected chi connectivity index (χ2v) is 14.1. The van der Waals surface area contributed by atoms with E-state index in [0.29, 0.717) is 5.04 Å². The number of hydrogen-bond acceptors (Lipinski definition) is 3. The Morgan fingerprint density at radius 1 is 1.11 bits per heavy atom. The Morgan fingerprint density at radius 2 is 1.61 bits per heavy atom.